The van der Waals surface area contributed by atoms with Crippen molar-refractivity contribution in [3.8, 4) is 0 Å². The van der Waals surface area contributed by atoms with Crippen LogP contribution in [-0.2, 0) is 19.6 Å². The van der Waals surface area contributed by atoms with Crippen LogP contribution in [0.25, 0.3) is 11.3 Å². The highest BCUT2D eigenvalue weighted by Gasteiger charge is 2.42. The van der Waals surface area contributed by atoms with Crippen molar-refractivity contribution >= 4 is 38.7 Å². The summed E-state index contributed by atoms with van der Waals surface area (Å²) in [4.78, 5) is 12.9. The largest absolute Gasteiger partial charge is 0.478 e. The molecule has 0 saturated carbocycles. The number of ketones is 1. The minimum absolute atomic E-state index is 0.0137. The van der Waals surface area contributed by atoms with Crippen LogP contribution in [0.1, 0.15) is 31.9 Å². The number of hydrogen-bond donors (Lipinski definition) is 1. The lowest BCUT2D eigenvalue weighted by Crippen LogP contribution is -2.29. The first-order valence-electron chi connectivity index (χ1n) is 8.50. The van der Waals surface area contributed by atoms with Crippen LogP contribution in [0, 0.1) is 0 Å². The lowest BCUT2D eigenvalue weighted by atomic mass is 9.93. The molecule has 1 N–H and O–H groups in total. The Labute approximate surface area is 164 Å². The van der Waals surface area contributed by atoms with Gasteiger partial charge < -0.3 is 4.74 Å². The molecule has 1 heterocycles. The first-order chi connectivity index (χ1) is 12.7. The van der Waals surface area contributed by atoms with Gasteiger partial charge in [0.1, 0.15) is 10.7 Å². The van der Waals surface area contributed by atoms with Crippen LogP contribution < -0.4 is 4.72 Å². The molecular weight excluding hydrogens is 386 g/mol. The second-order valence-electron chi connectivity index (χ2n) is 6.66. The van der Waals surface area contributed by atoms with E-state index in [1.54, 1.807) is 26.8 Å². The van der Waals surface area contributed by atoms with Crippen molar-refractivity contribution in [1.82, 2.24) is 4.72 Å². The molecular formula is C20H20ClNO4S. The number of carbonyl (C=O) groups excluding carboxylic acids is 1. The van der Waals surface area contributed by atoms with Gasteiger partial charge in [0, 0.05) is 12.1 Å². The van der Waals surface area contributed by atoms with Crippen molar-refractivity contribution in [2.45, 2.75) is 31.3 Å². The zero-order chi connectivity index (χ0) is 19.8. The molecule has 7 heteroatoms. The molecule has 0 saturated heterocycles. The van der Waals surface area contributed by atoms with Crippen molar-refractivity contribution < 1.29 is 17.9 Å². The second-order valence-corrected chi connectivity index (χ2v) is 8.80. The fourth-order valence-electron chi connectivity index (χ4n) is 2.95. The molecule has 1 aliphatic heterocycles. The lowest BCUT2D eigenvalue weighted by molar-refractivity contribution is -0.125. The fourth-order valence-corrected chi connectivity index (χ4v) is 4.54. The van der Waals surface area contributed by atoms with E-state index in [1.807, 2.05) is 30.3 Å². The van der Waals surface area contributed by atoms with Gasteiger partial charge in [-0.25, -0.2) is 13.1 Å². The zero-order valence-electron chi connectivity index (χ0n) is 15.2. The third-order valence-electron chi connectivity index (χ3n) is 4.24. The predicted molar refractivity (Wildman–Crippen MR) is 106 cm³/mol. The van der Waals surface area contributed by atoms with Gasteiger partial charge in [-0.3, -0.25) is 4.79 Å². The summed E-state index contributed by atoms with van der Waals surface area (Å²) < 4.78 is 32.8. The number of nitrogens with one attached hydrogen (secondary N) is 1. The van der Waals surface area contributed by atoms with E-state index in [-0.39, 0.29) is 22.2 Å². The van der Waals surface area contributed by atoms with Gasteiger partial charge in [0.2, 0.25) is 15.8 Å². The second kappa shape index (κ2) is 7.11. The van der Waals surface area contributed by atoms with Gasteiger partial charge in [-0.15, -0.1) is 0 Å². The minimum Gasteiger partial charge on any atom is -0.478 e. The molecule has 0 fully saturated rings. The molecule has 0 spiro atoms. The maximum atomic E-state index is 12.9. The minimum atomic E-state index is -3.69. The summed E-state index contributed by atoms with van der Waals surface area (Å²) in [5, 5.41) is 0.0640. The van der Waals surface area contributed by atoms with E-state index in [0.717, 1.165) is 5.56 Å². The van der Waals surface area contributed by atoms with Crippen molar-refractivity contribution in [3.63, 3.8) is 0 Å². The van der Waals surface area contributed by atoms with Gasteiger partial charge in [-0.2, -0.15) is 0 Å². The third-order valence-corrected chi connectivity index (χ3v) is 6.27. The molecule has 0 aromatic heterocycles. The Morgan fingerprint density at radius 1 is 1.07 bits per heavy atom. The van der Waals surface area contributed by atoms with E-state index in [9.17, 15) is 13.2 Å². The highest BCUT2D eigenvalue weighted by atomic mass is 35.5. The zero-order valence-corrected chi connectivity index (χ0v) is 16.8. The standard InChI is InChI=1S/C20H20ClNO4S/c1-4-22-27(24,25)16-11-10-14(12-15(16)21)18-17(13-8-6-5-7-9-13)19(23)20(2,3)26-18/h5-12,22H,4H2,1-3H3. The van der Waals surface area contributed by atoms with Crippen LogP contribution in [0.3, 0.4) is 0 Å². The van der Waals surface area contributed by atoms with Crippen LogP contribution in [0.4, 0.5) is 0 Å². The molecule has 142 valence electrons. The molecule has 0 aliphatic carbocycles. The molecule has 27 heavy (non-hydrogen) atoms. The summed E-state index contributed by atoms with van der Waals surface area (Å²) >= 11 is 6.25. The van der Waals surface area contributed by atoms with E-state index in [2.05, 4.69) is 4.72 Å². The number of halogens is 1. The van der Waals surface area contributed by atoms with Gasteiger partial charge in [0.15, 0.2) is 5.60 Å². The number of carbonyl (C=O) groups is 1. The summed E-state index contributed by atoms with van der Waals surface area (Å²) in [6.45, 7) is 5.36. The predicted octanol–water partition coefficient (Wildman–Crippen LogP) is 3.88. The number of benzene rings is 2. The van der Waals surface area contributed by atoms with Crippen LogP contribution in [0.5, 0.6) is 0 Å². The number of Topliss-reactive ketones (excluding diaryl/α,β-unsaturated/α-hetero) is 1. The summed E-state index contributed by atoms with van der Waals surface area (Å²) in [5.74, 6) is 0.259. The summed E-state index contributed by atoms with van der Waals surface area (Å²) in [7, 11) is -3.69. The number of sulfonamides is 1. The molecule has 3 rings (SSSR count). The first kappa shape index (κ1) is 19.6. The summed E-state index contributed by atoms with van der Waals surface area (Å²) in [6.07, 6.45) is 0. The van der Waals surface area contributed by atoms with Gasteiger partial charge in [0.25, 0.3) is 0 Å². The van der Waals surface area contributed by atoms with E-state index < -0.39 is 15.6 Å². The molecule has 0 atom stereocenters. The number of hydrogen-bond acceptors (Lipinski definition) is 4. The highest BCUT2D eigenvalue weighted by Crippen LogP contribution is 2.42. The quantitative estimate of drug-likeness (QED) is 0.819. The van der Waals surface area contributed by atoms with Crippen LogP contribution in [0.15, 0.2) is 53.4 Å². The molecule has 0 amide bonds. The Balaban J connectivity index is 2.15. The monoisotopic (exact) mass is 405 g/mol. The summed E-state index contributed by atoms with van der Waals surface area (Å²) in [5.41, 5.74) is 0.734. The average Bonchev–Trinajstić information content (AvgIpc) is 2.85. The Morgan fingerprint density at radius 3 is 2.33 bits per heavy atom. The van der Waals surface area contributed by atoms with E-state index >= 15 is 0 Å². The van der Waals surface area contributed by atoms with E-state index in [4.69, 9.17) is 16.3 Å². The lowest BCUT2D eigenvalue weighted by Gasteiger charge is -2.18. The van der Waals surface area contributed by atoms with Crippen molar-refractivity contribution in [2.24, 2.45) is 0 Å². The van der Waals surface area contributed by atoms with Crippen LogP contribution in [-0.4, -0.2) is 26.3 Å². The normalized spacial score (nSPS) is 16.5. The third kappa shape index (κ3) is 3.65. The topological polar surface area (TPSA) is 72.5 Å². The van der Waals surface area contributed by atoms with Crippen LogP contribution in [0.2, 0.25) is 5.02 Å². The van der Waals surface area contributed by atoms with E-state index in [1.165, 1.54) is 12.1 Å². The fraction of sp³-hybridized carbons (Fsp3) is 0.250. The number of ether oxygens (including phenoxy) is 1. The van der Waals surface area contributed by atoms with Crippen molar-refractivity contribution in [3.05, 3.63) is 64.7 Å². The molecule has 5 nitrogen and oxygen atoms in total. The molecule has 0 bridgehead atoms. The summed E-state index contributed by atoms with van der Waals surface area (Å²) in [6, 6.07) is 13.8. The Kier molecular flexibility index (Phi) is 5.16. The molecule has 2 aromatic carbocycles. The Hall–Kier alpha value is -2.15. The molecule has 2 aromatic rings. The van der Waals surface area contributed by atoms with Gasteiger partial charge in [-0.1, -0.05) is 48.9 Å². The molecule has 0 radical (unpaired) electrons. The molecule has 1 aliphatic rings. The number of rotatable bonds is 5. The van der Waals surface area contributed by atoms with Crippen molar-refractivity contribution in [1.29, 1.82) is 0 Å². The van der Waals surface area contributed by atoms with E-state index in [0.29, 0.717) is 16.9 Å². The Morgan fingerprint density at radius 2 is 1.74 bits per heavy atom. The highest BCUT2D eigenvalue weighted by molar-refractivity contribution is 7.89. The van der Waals surface area contributed by atoms with Gasteiger partial charge in [-0.05, 0) is 37.6 Å². The van der Waals surface area contributed by atoms with Crippen molar-refractivity contribution in [2.75, 3.05) is 6.54 Å². The average molecular weight is 406 g/mol. The van der Waals surface area contributed by atoms with Crippen LogP contribution >= 0.6 is 11.6 Å². The first-order valence-corrected chi connectivity index (χ1v) is 10.4. The smallest absolute Gasteiger partial charge is 0.242 e. The van der Waals surface area contributed by atoms with Gasteiger partial charge in [0.05, 0.1) is 10.6 Å². The molecule has 0 unspecified atom stereocenters. The van der Waals surface area contributed by atoms with Gasteiger partial charge >= 0.3 is 0 Å². The maximum absolute atomic E-state index is 12.9. The maximum Gasteiger partial charge on any atom is 0.242 e. The SMILES string of the molecule is CCNS(=O)(=O)c1ccc(C2=C(c3ccccc3)C(=O)C(C)(C)O2)cc1Cl. The Bertz CT molecular complexity index is 1030.